The number of benzene rings is 1. The molecular weight excluding hydrogens is 208 g/mol. The Bertz CT molecular complexity index is 321. The fourth-order valence-electron chi connectivity index (χ4n) is 1.77. The van der Waals surface area contributed by atoms with Crippen molar-refractivity contribution in [3.8, 4) is 0 Å². The molecule has 2 nitrogen and oxygen atoms in total. The van der Waals surface area contributed by atoms with Crippen LogP contribution in [0.5, 0.6) is 0 Å². The van der Waals surface area contributed by atoms with E-state index in [2.05, 4.69) is 49.6 Å². The first kappa shape index (κ1) is 14.0. The third-order valence-electron chi connectivity index (χ3n) is 3.09. The van der Waals surface area contributed by atoms with Crippen molar-refractivity contribution in [2.45, 2.75) is 40.0 Å². The second-order valence-electron chi connectivity index (χ2n) is 4.68. The van der Waals surface area contributed by atoms with Gasteiger partial charge >= 0.3 is 0 Å². The maximum Gasteiger partial charge on any atom is 0.0343 e. The highest BCUT2D eigenvalue weighted by Gasteiger charge is 1.95. The molecule has 1 aromatic rings. The van der Waals surface area contributed by atoms with Gasteiger partial charge in [-0.1, -0.05) is 25.8 Å². The monoisotopic (exact) mass is 234 g/mol. The van der Waals surface area contributed by atoms with Crippen LogP contribution in [0.25, 0.3) is 0 Å². The minimum absolute atomic E-state index is 0.995. The molecule has 0 bridgehead atoms. The largest absolute Gasteiger partial charge is 0.384 e. The molecule has 0 aliphatic rings. The van der Waals surface area contributed by atoms with Gasteiger partial charge in [0.15, 0.2) is 0 Å². The van der Waals surface area contributed by atoms with Crippen LogP contribution in [0.15, 0.2) is 18.2 Å². The predicted octanol–water partition coefficient (Wildman–Crippen LogP) is 3.50. The van der Waals surface area contributed by atoms with Gasteiger partial charge in [-0.15, -0.1) is 0 Å². The highest BCUT2D eigenvalue weighted by Crippen LogP contribution is 2.13. The molecule has 1 aromatic carbocycles. The summed E-state index contributed by atoms with van der Waals surface area (Å²) in [6.45, 7) is 9.72. The van der Waals surface area contributed by atoms with E-state index >= 15 is 0 Å². The molecule has 2 heteroatoms. The van der Waals surface area contributed by atoms with E-state index in [9.17, 15) is 0 Å². The van der Waals surface area contributed by atoms with Gasteiger partial charge in [-0.2, -0.15) is 0 Å². The lowest BCUT2D eigenvalue weighted by Crippen LogP contribution is -2.23. The van der Waals surface area contributed by atoms with E-state index in [0.717, 1.165) is 19.6 Å². The van der Waals surface area contributed by atoms with Crippen molar-refractivity contribution in [3.05, 3.63) is 29.3 Å². The molecule has 96 valence electrons. The van der Waals surface area contributed by atoms with Crippen LogP contribution in [-0.4, -0.2) is 19.6 Å². The molecule has 0 spiro atoms. The summed E-state index contributed by atoms with van der Waals surface area (Å²) in [5.41, 5.74) is 3.93. The van der Waals surface area contributed by atoms with Gasteiger partial charge in [0.1, 0.15) is 0 Å². The summed E-state index contributed by atoms with van der Waals surface area (Å²) in [7, 11) is 0. The molecule has 0 aliphatic carbocycles. The molecule has 0 aliphatic heterocycles. The quantitative estimate of drug-likeness (QED) is 0.673. The molecule has 0 heterocycles. The summed E-state index contributed by atoms with van der Waals surface area (Å²) < 4.78 is 0. The Hall–Kier alpha value is -1.02. The maximum atomic E-state index is 3.45. The number of anilines is 1. The summed E-state index contributed by atoms with van der Waals surface area (Å²) in [5, 5.41) is 6.90. The van der Waals surface area contributed by atoms with Crippen molar-refractivity contribution in [3.63, 3.8) is 0 Å². The number of hydrogen-bond acceptors (Lipinski definition) is 2. The molecule has 0 aromatic heterocycles. The molecule has 17 heavy (non-hydrogen) atoms. The van der Waals surface area contributed by atoms with Gasteiger partial charge in [0.2, 0.25) is 0 Å². The molecule has 0 amide bonds. The van der Waals surface area contributed by atoms with E-state index in [1.165, 1.54) is 36.1 Å². The molecule has 2 N–H and O–H groups in total. The van der Waals surface area contributed by atoms with Gasteiger partial charge in [0.25, 0.3) is 0 Å². The maximum absolute atomic E-state index is 3.45. The van der Waals surface area contributed by atoms with E-state index in [1.807, 2.05) is 0 Å². The van der Waals surface area contributed by atoms with E-state index in [0.29, 0.717) is 0 Å². The molecule has 0 radical (unpaired) electrons. The third-order valence-corrected chi connectivity index (χ3v) is 3.09. The van der Waals surface area contributed by atoms with Crippen molar-refractivity contribution in [1.82, 2.24) is 5.32 Å². The van der Waals surface area contributed by atoms with E-state index in [1.54, 1.807) is 0 Å². The molecule has 0 atom stereocenters. The molecule has 0 saturated carbocycles. The van der Waals surface area contributed by atoms with Gasteiger partial charge in [-0.3, -0.25) is 0 Å². The van der Waals surface area contributed by atoms with Crippen molar-refractivity contribution >= 4 is 5.69 Å². The lowest BCUT2D eigenvalue weighted by molar-refractivity contribution is 0.626. The zero-order valence-corrected chi connectivity index (χ0v) is 11.5. The smallest absolute Gasteiger partial charge is 0.0343 e. The normalized spacial score (nSPS) is 10.5. The summed E-state index contributed by atoms with van der Waals surface area (Å²) in [4.78, 5) is 0. The molecule has 1 rings (SSSR count). The van der Waals surface area contributed by atoms with Crippen LogP contribution in [-0.2, 0) is 0 Å². The Morgan fingerprint density at radius 2 is 1.76 bits per heavy atom. The number of nitrogens with one attached hydrogen (secondary N) is 2. The van der Waals surface area contributed by atoms with Gasteiger partial charge < -0.3 is 10.6 Å². The second kappa shape index (κ2) is 8.13. The zero-order chi connectivity index (χ0) is 12.5. The summed E-state index contributed by atoms with van der Waals surface area (Å²) in [6, 6.07) is 6.54. The van der Waals surface area contributed by atoms with Crippen LogP contribution < -0.4 is 10.6 Å². The second-order valence-corrected chi connectivity index (χ2v) is 4.68. The first-order chi connectivity index (χ1) is 8.24. The van der Waals surface area contributed by atoms with Crippen molar-refractivity contribution < 1.29 is 0 Å². The van der Waals surface area contributed by atoms with Gasteiger partial charge in [-0.05, 0) is 50.1 Å². The van der Waals surface area contributed by atoms with Crippen LogP contribution in [0.3, 0.4) is 0 Å². The standard InChI is InChI=1S/C15H26N2/c1-4-5-6-9-16-10-11-17-15-8-7-13(2)14(3)12-15/h7-8,12,16-17H,4-6,9-11H2,1-3H3. The van der Waals surface area contributed by atoms with Crippen LogP contribution in [0, 0.1) is 13.8 Å². The van der Waals surface area contributed by atoms with Crippen molar-refractivity contribution in [1.29, 1.82) is 0 Å². The fraction of sp³-hybridized carbons (Fsp3) is 0.600. The van der Waals surface area contributed by atoms with Gasteiger partial charge in [-0.25, -0.2) is 0 Å². The topological polar surface area (TPSA) is 24.1 Å². The molecular formula is C15H26N2. The highest BCUT2D eigenvalue weighted by atomic mass is 14.9. The lowest BCUT2D eigenvalue weighted by atomic mass is 10.1. The summed E-state index contributed by atoms with van der Waals surface area (Å²) in [5.74, 6) is 0. The number of hydrogen-bond donors (Lipinski definition) is 2. The summed E-state index contributed by atoms with van der Waals surface area (Å²) in [6.07, 6.45) is 3.92. The summed E-state index contributed by atoms with van der Waals surface area (Å²) >= 11 is 0. The predicted molar refractivity (Wildman–Crippen MR) is 76.8 cm³/mol. The Balaban J connectivity index is 2.11. The number of unbranched alkanes of at least 4 members (excludes halogenated alkanes) is 2. The van der Waals surface area contributed by atoms with E-state index in [-0.39, 0.29) is 0 Å². The van der Waals surface area contributed by atoms with Crippen LogP contribution in [0.4, 0.5) is 5.69 Å². The third kappa shape index (κ3) is 5.73. The van der Waals surface area contributed by atoms with E-state index in [4.69, 9.17) is 0 Å². The van der Waals surface area contributed by atoms with Gasteiger partial charge in [0, 0.05) is 18.8 Å². The Morgan fingerprint density at radius 1 is 0.941 bits per heavy atom. The van der Waals surface area contributed by atoms with Crippen LogP contribution in [0.1, 0.15) is 37.3 Å². The van der Waals surface area contributed by atoms with Crippen molar-refractivity contribution in [2.75, 3.05) is 25.0 Å². The molecule has 0 saturated heterocycles. The zero-order valence-electron chi connectivity index (χ0n) is 11.5. The first-order valence-electron chi connectivity index (χ1n) is 6.76. The van der Waals surface area contributed by atoms with Crippen molar-refractivity contribution in [2.24, 2.45) is 0 Å². The van der Waals surface area contributed by atoms with E-state index < -0.39 is 0 Å². The minimum Gasteiger partial charge on any atom is -0.384 e. The van der Waals surface area contributed by atoms with Gasteiger partial charge in [0.05, 0.1) is 0 Å². The average molecular weight is 234 g/mol. The average Bonchev–Trinajstić information content (AvgIpc) is 2.32. The highest BCUT2D eigenvalue weighted by molar-refractivity contribution is 5.47. The van der Waals surface area contributed by atoms with Crippen LogP contribution >= 0.6 is 0 Å². The first-order valence-corrected chi connectivity index (χ1v) is 6.76. The Kier molecular flexibility index (Phi) is 6.71. The Labute approximate surface area is 106 Å². The SMILES string of the molecule is CCCCCNCCNc1ccc(C)c(C)c1. The molecule has 0 unspecified atom stereocenters. The molecule has 0 fully saturated rings. The Morgan fingerprint density at radius 3 is 2.47 bits per heavy atom. The minimum atomic E-state index is 0.995. The fourth-order valence-corrected chi connectivity index (χ4v) is 1.77. The number of rotatable bonds is 8. The number of aryl methyl sites for hydroxylation is 2. The van der Waals surface area contributed by atoms with Crippen LogP contribution in [0.2, 0.25) is 0 Å². The lowest BCUT2D eigenvalue weighted by Gasteiger charge is -2.09.